The molecule has 2 aliphatic heterocycles. The monoisotopic (exact) mass is 396 g/mol. The summed E-state index contributed by atoms with van der Waals surface area (Å²) >= 11 is 0. The molecule has 7 heteroatoms. The Morgan fingerprint density at radius 2 is 1.70 bits per heavy atom. The number of rotatable bonds is 1. The van der Waals surface area contributed by atoms with Crippen molar-refractivity contribution in [3.63, 3.8) is 0 Å². The van der Waals surface area contributed by atoms with E-state index in [-0.39, 0.29) is 11.0 Å². The minimum atomic E-state index is -2.61. The van der Waals surface area contributed by atoms with Gasteiger partial charge in [-0.2, -0.15) is 5.10 Å². The fourth-order valence-electron chi connectivity index (χ4n) is 3.94. The van der Waals surface area contributed by atoms with Crippen LogP contribution in [0.25, 0.3) is 0 Å². The first kappa shape index (κ1) is 20.8. The molecule has 6 nitrogen and oxygen atoms in total. The van der Waals surface area contributed by atoms with Gasteiger partial charge in [-0.05, 0) is 46.6 Å². The number of nitrogens with zero attached hydrogens (tertiary/aromatic N) is 3. The van der Waals surface area contributed by atoms with Crippen LogP contribution in [0.3, 0.4) is 0 Å². The van der Waals surface area contributed by atoms with Crippen LogP contribution < -0.4 is 5.32 Å². The number of hydrogen-bond acceptors (Lipinski definition) is 5. The molecule has 0 atom stereocenters. The summed E-state index contributed by atoms with van der Waals surface area (Å²) in [5.74, 6) is 2.54. The predicted molar refractivity (Wildman–Crippen MR) is 109 cm³/mol. The van der Waals surface area contributed by atoms with E-state index in [2.05, 4.69) is 36.2 Å². The molecule has 1 N–H and O–H groups in total. The summed E-state index contributed by atoms with van der Waals surface area (Å²) in [6.07, 6.45) is 12.9. The first-order valence-corrected chi connectivity index (χ1v) is 12.3. The van der Waals surface area contributed by atoms with E-state index in [1.54, 1.807) is 0 Å². The van der Waals surface area contributed by atoms with Gasteiger partial charge in [0.1, 0.15) is 6.33 Å². The van der Waals surface area contributed by atoms with E-state index in [4.69, 9.17) is 0 Å². The van der Waals surface area contributed by atoms with Crippen molar-refractivity contribution in [3.05, 3.63) is 12.2 Å². The van der Waals surface area contributed by atoms with E-state index in [1.165, 1.54) is 44.9 Å². The summed E-state index contributed by atoms with van der Waals surface area (Å²) in [5.41, 5.74) is 0.221. The van der Waals surface area contributed by atoms with Crippen LogP contribution in [0.1, 0.15) is 83.9 Å². The van der Waals surface area contributed by atoms with Gasteiger partial charge in [-0.25, -0.2) is 18.1 Å². The van der Waals surface area contributed by atoms with Crippen molar-refractivity contribution in [1.82, 2.24) is 20.1 Å². The molecule has 4 fully saturated rings. The van der Waals surface area contributed by atoms with Crippen molar-refractivity contribution >= 4 is 9.84 Å². The van der Waals surface area contributed by atoms with E-state index in [9.17, 15) is 8.42 Å². The van der Waals surface area contributed by atoms with Crippen molar-refractivity contribution in [2.24, 2.45) is 5.41 Å². The SMILES string of the molecule is C1CCCC1.CC(C)(C)n1cnc(C2CC2)n1.O=S1(=O)CC2(CCNC2)C1. The fourth-order valence-corrected chi connectivity index (χ4v) is 6.22. The highest BCUT2D eigenvalue weighted by Gasteiger charge is 2.49. The molecule has 0 unspecified atom stereocenters. The number of nitrogens with one attached hydrogen (secondary N) is 1. The van der Waals surface area contributed by atoms with Gasteiger partial charge in [-0.1, -0.05) is 32.1 Å². The molecule has 3 heterocycles. The van der Waals surface area contributed by atoms with Crippen LogP contribution in [0.2, 0.25) is 0 Å². The maximum Gasteiger partial charge on any atom is 0.153 e. The van der Waals surface area contributed by atoms with Gasteiger partial charge in [-0.15, -0.1) is 0 Å². The zero-order valence-corrected chi connectivity index (χ0v) is 18.0. The summed E-state index contributed by atoms with van der Waals surface area (Å²) in [6.45, 7) is 8.32. The van der Waals surface area contributed by atoms with Gasteiger partial charge in [0, 0.05) is 17.9 Å². The standard InChI is InChI=1S/C9H15N3.C6H11NO2S.C5H10/c1-9(2,3)12-6-10-8(11-12)7-4-5-7;8-10(9)4-6(5-10)1-2-7-3-6;1-2-4-5-3-1/h6-7H,4-5H2,1-3H3;7H,1-5H2;1-5H2. The minimum absolute atomic E-state index is 0.0696. The van der Waals surface area contributed by atoms with Gasteiger partial charge in [-0.3, -0.25) is 0 Å². The fraction of sp³-hybridized carbons (Fsp3) is 0.900. The Hall–Kier alpha value is -0.950. The van der Waals surface area contributed by atoms with Gasteiger partial charge in [0.05, 0.1) is 17.0 Å². The zero-order valence-electron chi connectivity index (χ0n) is 17.2. The third-order valence-electron chi connectivity index (χ3n) is 5.77. The average molecular weight is 397 g/mol. The highest BCUT2D eigenvalue weighted by atomic mass is 32.2. The minimum Gasteiger partial charge on any atom is -0.316 e. The van der Waals surface area contributed by atoms with E-state index < -0.39 is 9.84 Å². The molecular weight excluding hydrogens is 360 g/mol. The largest absolute Gasteiger partial charge is 0.316 e. The summed E-state index contributed by atoms with van der Waals surface area (Å²) in [5, 5.41) is 7.64. The molecular formula is C20H36N4O2S. The van der Waals surface area contributed by atoms with Crippen molar-refractivity contribution in [2.75, 3.05) is 24.6 Å². The van der Waals surface area contributed by atoms with E-state index >= 15 is 0 Å². The lowest BCUT2D eigenvalue weighted by molar-refractivity contribution is 0.352. The first-order chi connectivity index (χ1) is 12.7. The molecule has 154 valence electrons. The molecule has 0 aromatic carbocycles. The lowest BCUT2D eigenvalue weighted by atomic mass is 9.91. The smallest absolute Gasteiger partial charge is 0.153 e. The van der Waals surface area contributed by atoms with Gasteiger partial charge in [0.15, 0.2) is 15.7 Å². The van der Waals surface area contributed by atoms with Crippen molar-refractivity contribution in [3.8, 4) is 0 Å². The Morgan fingerprint density at radius 1 is 1.11 bits per heavy atom. The highest BCUT2D eigenvalue weighted by molar-refractivity contribution is 7.92. The van der Waals surface area contributed by atoms with Crippen LogP contribution in [0.4, 0.5) is 0 Å². The zero-order chi connectivity index (χ0) is 19.5. The van der Waals surface area contributed by atoms with E-state index in [0.29, 0.717) is 17.4 Å². The Bertz CT molecular complexity index is 685. The molecule has 5 rings (SSSR count). The summed E-state index contributed by atoms with van der Waals surface area (Å²) in [4.78, 5) is 4.30. The molecule has 1 spiro atoms. The van der Waals surface area contributed by atoms with Gasteiger partial charge in [0.25, 0.3) is 0 Å². The normalized spacial score (nSPS) is 25.1. The van der Waals surface area contributed by atoms with Gasteiger partial charge in [0.2, 0.25) is 0 Å². The molecule has 0 amide bonds. The number of hydrogen-bond donors (Lipinski definition) is 1. The average Bonchev–Trinajstić information content (AvgIpc) is 3.06. The quantitative estimate of drug-likeness (QED) is 0.788. The van der Waals surface area contributed by atoms with Crippen LogP contribution in [0.15, 0.2) is 6.33 Å². The predicted octanol–water partition coefficient (Wildman–Crippen LogP) is 3.26. The Balaban J connectivity index is 0.000000126. The maximum atomic E-state index is 10.8. The maximum absolute atomic E-state index is 10.8. The molecule has 1 aromatic rings. The summed E-state index contributed by atoms with van der Waals surface area (Å²) < 4.78 is 23.6. The number of sulfone groups is 1. The molecule has 0 bridgehead atoms. The second-order valence-electron chi connectivity index (χ2n) is 9.72. The van der Waals surface area contributed by atoms with Gasteiger partial charge < -0.3 is 5.32 Å². The van der Waals surface area contributed by atoms with Crippen LogP contribution >= 0.6 is 0 Å². The molecule has 27 heavy (non-hydrogen) atoms. The second kappa shape index (κ2) is 8.19. The number of aromatic nitrogens is 3. The summed E-state index contributed by atoms with van der Waals surface area (Å²) in [7, 11) is -2.61. The van der Waals surface area contributed by atoms with Crippen molar-refractivity contribution < 1.29 is 8.42 Å². The third kappa shape index (κ3) is 6.01. The Morgan fingerprint density at radius 3 is 2.07 bits per heavy atom. The molecule has 2 aliphatic carbocycles. The van der Waals surface area contributed by atoms with Gasteiger partial charge >= 0.3 is 0 Å². The Labute approximate surface area is 164 Å². The van der Waals surface area contributed by atoms with E-state index in [1.807, 2.05) is 11.0 Å². The molecule has 1 aromatic heterocycles. The topological polar surface area (TPSA) is 76.9 Å². The molecule has 0 radical (unpaired) electrons. The second-order valence-corrected chi connectivity index (χ2v) is 11.8. The molecule has 2 saturated carbocycles. The molecule has 4 aliphatic rings. The molecule has 2 saturated heterocycles. The van der Waals surface area contributed by atoms with Crippen LogP contribution in [0, 0.1) is 5.41 Å². The Kier molecular flexibility index (Phi) is 6.31. The third-order valence-corrected chi connectivity index (χ3v) is 7.88. The summed E-state index contributed by atoms with van der Waals surface area (Å²) in [6, 6.07) is 0. The van der Waals surface area contributed by atoms with E-state index in [0.717, 1.165) is 25.3 Å². The van der Waals surface area contributed by atoms with Crippen LogP contribution in [0.5, 0.6) is 0 Å². The highest BCUT2D eigenvalue weighted by Crippen LogP contribution is 2.38. The lowest BCUT2D eigenvalue weighted by Crippen LogP contribution is -2.49. The van der Waals surface area contributed by atoms with Crippen molar-refractivity contribution in [1.29, 1.82) is 0 Å². The van der Waals surface area contributed by atoms with Crippen LogP contribution in [-0.4, -0.2) is 47.8 Å². The van der Waals surface area contributed by atoms with Crippen molar-refractivity contribution in [2.45, 2.75) is 83.6 Å². The lowest BCUT2D eigenvalue weighted by Gasteiger charge is -2.36. The first-order valence-electron chi connectivity index (χ1n) is 10.5. The van der Waals surface area contributed by atoms with Crippen LogP contribution in [-0.2, 0) is 15.4 Å².